The third-order valence-electron chi connectivity index (χ3n) is 3.78. The van der Waals surface area contributed by atoms with Crippen molar-refractivity contribution in [2.24, 2.45) is 0 Å². The number of nitrogens with one attached hydrogen (secondary N) is 1. The molecule has 0 aliphatic carbocycles. The minimum absolute atomic E-state index is 0.0197. The normalized spacial score (nSPS) is 11.2. The lowest BCUT2D eigenvalue weighted by Crippen LogP contribution is -2.23. The van der Waals surface area contributed by atoms with Crippen LogP contribution in [0.3, 0.4) is 0 Å². The number of aryl methyl sites for hydroxylation is 1. The van der Waals surface area contributed by atoms with E-state index >= 15 is 0 Å². The second-order valence-electron chi connectivity index (χ2n) is 5.55. The van der Waals surface area contributed by atoms with Gasteiger partial charge in [0.15, 0.2) is 0 Å². The Morgan fingerprint density at radius 1 is 1.12 bits per heavy atom. The zero-order valence-corrected chi connectivity index (χ0v) is 13.8. The van der Waals surface area contributed by atoms with Crippen LogP contribution in [-0.4, -0.2) is 20.3 Å². The first-order chi connectivity index (χ1) is 11.8. The van der Waals surface area contributed by atoms with E-state index in [0.29, 0.717) is 19.4 Å². The Kier molecular flexibility index (Phi) is 3.96. The number of carbonyl (C=O) groups is 1. The van der Waals surface area contributed by atoms with E-state index < -0.39 is 0 Å². The smallest absolute Gasteiger partial charge is 0.220 e. The van der Waals surface area contributed by atoms with Gasteiger partial charge < -0.3 is 9.72 Å². The first kappa shape index (κ1) is 14.8. The van der Waals surface area contributed by atoms with Crippen molar-refractivity contribution < 1.29 is 4.79 Å². The summed E-state index contributed by atoms with van der Waals surface area (Å²) in [5.74, 6) is 0.0197. The molecule has 0 saturated heterocycles. The minimum Gasteiger partial charge on any atom is -0.350 e. The van der Waals surface area contributed by atoms with Gasteiger partial charge in [-0.05, 0) is 24.3 Å². The Bertz CT molecular complexity index is 858. The first-order valence-electron chi connectivity index (χ1n) is 7.82. The molecule has 0 atom stereocenters. The zero-order chi connectivity index (χ0) is 16.4. The SMILES string of the molecule is O=C(CCc1nc2ccccc2s1)NCc1cn2ccccc2n1. The number of nitrogens with zero attached hydrogens (tertiary/aromatic N) is 3. The quantitative estimate of drug-likeness (QED) is 0.609. The first-order valence-corrected chi connectivity index (χ1v) is 8.63. The van der Waals surface area contributed by atoms with Crippen molar-refractivity contribution >= 4 is 33.1 Å². The van der Waals surface area contributed by atoms with Crippen LogP contribution in [-0.2, 0) is 17.8 Å². The number of para-hydroxylation sites is 1. The zero-order valence-electron chi connectivity index (χ0n) is 13.0. The molecule has 3 heterocycles. The second kappa shape index (κ2) is 6.41. The van der Waals surface area contributed by atoms with Crippen molar-refractivity contribution in [2.75, 3.05) is 0 Å². The Morgan fingerprint density at radius 3 is 2.88 bits per heavy atom. The van der Waals surface area contributed by atoms with Crippen molar-refractivity contribution in [3.63, 3.8) is 0 Å². The molecule has 24 heavy (non-hydrogen) atoms. The maximum Gasteiger partial charge on any atom is 0.220 e. The van der Waals surface area contributed by atoms with Gasteiger partial charge in [-0.25, -0.2) is 9.97 Å². The summed E-state index contributed by atoms with van der Waals surface area (Å²) < 4.78 is 3.11. The third-order valence-corrected chi connectivity index (χ3v) is 4.88. The second-order valence-corrected chi connectivity index (χ2v) is 6.67. The molecule has 0 unspecified atom stereocenters. The van der Waals surface area contributed by atoms with Crippen molar-refractivity contribution in [3.05, 3.63) is 65.6 Å². The van der Waals surface area contributed by atoms with Gasteiger partial charge in [0.2, 0.25) is 5.91 Å². The maximum atomic E-state index is 12.1. The van der Waals surface area contributed by atoms with E-state index in [-0.39, 0.29) is 5.91 Å². The number of fused-ring (bicyclic) bond motifs is 2. The molecule has 1 amide bonds. The van der Waals surface area contributed by atoms with E-state index in [2.05, 4.69) is 21.4 Å². The van der Waals surface area contributed by atoms with Gasteiger partial charge in [0.1, 0.15) is 5.65 Å². The van der Waals surface area contributed by atoms with Crippen LogP contribution in [0, 0.1) is 0 Å². The molecule has 4 rings (SSSR count). The van der Waals surface area contributed by atoms with Crippen LogP contribution in [0.2, 0.25) is 0 Å². The lowest BCUT2D eigenvalue weighted by Gasteiger charge is -2.01. The van der Waals surface area contributed by atoms with Crippen LogP contribution >= 0.6 is 11.3 Å². The van der Waals surface area contributed by atoms with E-state index in [1.165, 1.54) is 0 Å². The van der Waals surface area contributed by atoms with Crippen LogP contribution < -0.4 is 5.32 Å². The monoisotopic (exact) mass is 336 g/mol. The molecule has 0 spiro atoms. The average Bonchev–Trinajstić information content (AvgIpc) is 3.21. The predicted octanol–water partition coefficient (Wildman–Crippen LogP) is 3.19. The number of aromatic nitrogens is 3. The van der Waals surface area contributed by atoms with E-state index in [4.69, 9.17) is 0 Å². The van der Waals surface area contributed by atoms with E-state index in [0.717, 1.165) is 26.6 Å². The largest absolute Gasteiger partial charge is 0.350 e. The van der Waals surface area contributed by atoms with Gasteiger partial charge in [0.05, 0.1) is 27.5 Å². The Hall–Kier alpha value is -2.73. The van der Waals surface area contributed by atoms with Crippen LogP contribution in [0.5, 0.6) is 0 Å². The van der Waals surface area contributed by atoms with E-state index in [9.17, 15) is 4.79 Å². The maximum absolute atomic E-state index is 12.1. The van der Waals surface area contributed by atoms with Crippen LogP contribution in [0.4, 0.5) is 0 Å². The summed E-state index contributed by atoms with van der Waals surface area (Å²) in [6, 6.07) is 13.9. The molecular formula is C18H16N4OS. The van der Waals surface area contributed by atoms with E-state index in [1.807, 2.05) is 53.2 Å². The molecule has 0 radical (unpaired) electrons. The van der Waals surface area contributed by atoms with Gasteiger partial charge in [-0.3, -0.25) is 4.79 Å². The molecule has 1 aromatic carbocycles. The van der Waals surface area contributed by atoms with Crippen molar-refractivity contribution in [3.8, 4) is 0 Å². The Morgan fingerprint density at radius 2 is 2.00 bits per heavy atom. The average molecular weight is 336 g/mol. The number of carbonyl (C=O) groups excluding carboxylic acids is 1. The summed E-state index contributed by atoms with van der Waals surface area (Å²) in [5.41, 5.74) is 2.74. The number of imidazole rings is 1. The standard InChI is InChI=1S/C18H16N4OS/c23-17(8-9-18-21-14-5-1-2-6-15(14)24-18)19-11-13-12-22-10-4-3-7-16(22)20-13/h1-7,10,12H,8-9,11H2,(H,19,23). The summed E-state index contributed by atoms with van der Waals surface area (Å²) >= 11 is 1.65. The van der Waals surface area contributed by atoms with Gasteiger partial charge in [0, 0.05) is 25.2 Å². The molecular weight excluding hydrogens is 320 g/mol. The highest BCUT2D eigenvalue weighted by Gasteiger charge is 2.08. The molecule has 120 valence electrons. The fourth-order valence-corrected chi connectivity index (χ4v) is 3.56. The lowest BCUT2D eigenvalue weighted by atomic mass is 10.3. The summed E-state index contributed by atoms with van der Waals surface area (Å²) in [7, 11) is 0. The third kappa shape index (κ3) is 3.14. The van der Waals surface area contributed by atoms with Gasteiger partial charge in [-0.2, -0.15) is 0 Å². The number of rotatable bonds is 5. The number of hydrogen-bond acceptors (Lipinski definition) is 4. The molecule has 0 aliphatic rings. The predicted molar refractivity (Wildman–Crippen MR) is 95.0 cm³/mol. The van der Waals surface area contributed by atoms with Crippen molar-refractivity contribution in [2.45, 2.75) is 19.4 Å². The van der Waals surface area contributed by atoms with Gasteiger partial charge >= 0.3 is 0 Å². The molecule has 4 aromatic rings. The van der Waals surface area contributed by atoms with Crippen molar-refractivity contribution in [1.82, 2.24) is 19.7 Å². The highest BCUT2D eigenvalue weighted by atomic mass is 32.1. The number of hydrogen-bond donors (Lipinski definition) is 1. The fraction of sp³-hybridized carbons (Fsp3) is 0.167. The van der Waals surface area contributed by atoms with Crippen molar-refractivity contribution in [1.29, 1.82) is 0 Å². The molecule has 0 saturated carbocycles. The number of pyridine rings is 1. The molecule has 0 bridgehead atoms. The summed E-state index contributed by atoms with van der Waals surface area (Å²) in [5, 5.41) is 3.93. The molecule has 1 N–H and O–H groups in total. The Labute approximate surface area is 143 Å². The molecule has 6 heteroatoms. The van der Waals surface area contributed by atoms with Crippen LogP contribution in [0.25, 0.3) is 15.9 Å². The summed E-state index contributed by atoms with van der Waals surface area (Å²) in [4.78, 5) is 21.1. The summed E-state index contributed by atoms with van der Waals surface area (Å²) in [6.07, 6.45) is 4.98. The van der Waals surface area contributed by atoms with Gasteiger partial charge in [0.25, 0.3) is 0 Å². The lowest BCUT2D eigenvalue weighted by molar-refractivity contribution is -0.121. The van der Waals surface area contributed by atoms with Crippen LogP contribution in [0.1, 0.15) is 17.1 Å². The minimum atomic E-state index is 0.0197. The fourth-order valence-electron chi connectivity index (χ4n) is 2.60. The molecule has 3 aromatic heterocycles. The molecule has 5 nitrogen and oxygen atoms in total. The van der Waals surface area contributed by atoms with Gasteiger partial charge in [-0.1, -0.05) is 18.2 Å². The number of benzene rings is 1. The summed E-state index contributed by atoms with van der Waals surface area (Å²) in [6.45, 7) is 0.445. The van der Waals surface area contributed by atoms with E-state index in [1.54, 1.807) is 11.3 Å². The highest BCUT2D eigenvalue weighted by Crippen LogP contribution is 2.22. The molecule has 0 aliphatic heterocycles. The topological polar surface area (TPSA) is 59.3 Å². The Balaban J connectivity index is 1.33. The highest BCUT2D eigenvalue weighted by molar-refractivity contribution is 7.18. The number of amides is 1. The van der Waals surface area contributed by atoms with Crippen LogP contribution in [0.15, 0.2) is 54.9 Å². The molecule has 0 fully saturated rings. The number of thiazole rings is 1. The van der Waals surface area contributed by atoms with Gasteiger partial charge in [-0.15, -0.1) is 11.3 Å².